The van der Waals surface area contributed by atoms with Crippen LogP contribution in [-0.2, 0) is 14.8 Å². The summed E-state index contributed by atoms with van der Waals surface area (Å²) in [6.07, 6.45) is 1.92. The highest BCUT2D eigenvalue weighted by Gasteiger charge is 2.37. The zero-order chi connectivity index (χ0) is 23.1. The van der Waals surface area contributed by atoms with Gasteiger partial charge in [-0.05, 0) is 63.3 Å². The zero-order valence-electron chi connectivity index (χ0n) is 18.5. The fourth-order valence-electron chi connectivity index (χ4n) is 3.67. The van der Waals surface area contributed by atoms with E-state index < -0.39 is 27.4 Å². The van der Waals surface area contributed by atoms with Crippen LogP contribution >= 0.6 is 0 Å². The second kappa shape index (κ2) is 8.48. The van der Waals surface area contributed by atoms with E-state index in [1.165, 1.54) is 10.4 Å². The van der Waals surface area contributed by atoms with Crippen LogP contribution in [0, 0.1) is 11.7 Å². The molecule has 1 heterocycles. The summed E-state index contributed by atoms with van der Waals surface area (Å²) < 4.78 is 52.6. The first-order valence-corrected chi connectivity index (χ1v) is 12.2. The molecule has 172 valence electrons. The van der Waals surface area contributed by atoms with Crippen molar-refractivity contribution in [1.82, 2.24) is 4.31 Å². The topological polar surface area (TPSA) is 72.9 Å². The number of halogens is 1. The van der Waals surface area contributed by atoms with E-state index in [4.69, 9.17) is 9.47 Å². The molecular formula is C24H28FNO5S. The van der Waals surface area contributed by atoms with E-state index in [2.05, 4.69) is 0 Å². The van der Waals surface area contributed by atoms with Gasteiger partial charge in [-0.2, -0.15) is 4.31 Å². The Bertz CT molecular complexity index is 1100. The summed E-state index contributed by atoms with van der Waals surface area (Å²) in [5.74, 6) is -0.691. The summed E-state index contributed by atoms with van der Waals surface area (Å²) in [5, 5.41) is 0. The molecule has 4 rings (SSSR count). The Kier molecular flexibility index (Phi) is 6.02. The third kappa shape index (κ3) is 4.96. The largest absolute Gasteiger partial charge is 0.493 e. The van der Waals surface area contributed by atoms with Crippen molar-refractivity contribution >= 4 is 16.0 Å². The van der Waals surface area contributed by atoms with E-state index in [0.717, 1.165) is 18.4 Å². The standard InChI is InChI=1S/C24H28FNO5S/c1-24(2,3)31-23(27)20-11-19(17-9-10-17)22(12-21(20)25)30-15-16-13-26(14-16)32(28,29)18-7-5-4-6-8-18/h4-8,11-12,16-17H,9-10,13-15H2,1-3H3. The van der Waals surface area contributed by atoms with Gasteiger partial charge in [0.05, 0.1) is 17.1 Å². The number of hydrogen-bond acceptors (Lipinski definition) is 5. The van der Waals surface area contributed by atoms with Crippen LogP contribution in [0.15, 0.2) is 47.4 Å². The molecule has 8 heteroatoms. The molecule has 0 radical (unpaired) electrons. The molecule has 0 N–H and O–H groups in total. The van der Waals surface area contributed by atoms with Crippen molar-refractivity contribution in [3.8, 4) is 5.75 Å². The molecular weight excluding hydrogens is 433 g/mol. The first-order valence-electron chi connectivity index (χ1n) is 10.8. The average Bonchev–Trinajstić information content (AvgIpc) is 3.51. The highest BCUT2D eigenvalue weighted by Crippen LogP contribution is 2.45. The van der Waals surface area contributed by atoms with Crippen molar-refractivity contribution in [2.24, 2.45) is 5.92 Å². The summed E-state index contributed by atoms with van der Waals surface area (Å²) in [7, 11) is -3.50. The summed E-state index contributed by atoms with van der Waals surface area (Å²) in [5.41, 5.74) is 0.00697. The minimum absolute atomic E-state index is 0.0223. The minimum Gasteiger partial charge on any atom is -0.493 e. The zero-order valence-corrected chi connectivity index (χ0v) is 19.3. The van der Waals surface area contributed by atoms with E-state index in [0.29, 0.717) is 18.8 Å². The molecule has 1 saturated heterocycles. The molecule has 0 aromatic heterocycles. The van der Waals surface area contributed by atoms with E-state index >= 15 is 0 Å². The third-order valence-corrected chi connectivity index (χ3v) is 7.36. The number of benzene rings is 2. The first kappa shape index (κ1) is 22.7. The maximum Gasteiger partial charge on any atom is 0.341 e. The molecule has 2 fully saturated rings. The van der Waals surface area contributed by atoms with Gasteiger partial charge in [0.1, 0.15) is 17.2 Å². The van der Waals surface area contributed by atoms with Gasteiger partial charge in [0.25, 0.3) is 0 Å². The van der Waals surface area contributed by atoms with Crippen LogP contribution in [0.3, 0.4) is 0 Å². The molecule has 2 aromatic rings. The summed E-state index contributed by atoms with van der Waals surface area (Å²) in [6.45, 7) is 6.21. The molecule has 0 amide bonds. The second-order valence-corrected chi connectivity index (χ2v) is 11.4. The van der Waals surface area contributed by atoms with Crippen LogP contribution in [0.1, 0.15) is 55.5 Å². The summed E-state index contributed by atoms with van der Waals surface area (Å²) in [4.78, 5) is 12.7. The van der Waals surface area contributed by atoms with Gasteiger partial charge < -0.3 is 9.47 Å². The minimum atomic E-state index is -3.50. The Morgan fingerprint density at radius 3 is 2.38 bits per heavy atom. The Labute approximate surface area is 188 Å². The molecule has 6 nitrogen and oxygen atoms in total. The molecule has 2 aliphatic rings. The quantitative estimate of drug-likeness (QED) is 0.573. The van der Waals surface area contributed by atoms with Gasteiger partial charge in [0, 0.05) is 25.1 Å². The van der Waals surface area contributed by atoms with Gasteiger partial charge in [0.2, 0.25) is 10.0 Å². The number of esters is 1. The van der Waals surface area contributed by atoms with Gasteiger partial charge in [0.15, 0.2) is 0 Å². The number of hydrogen-bond donors (Lipinski definition) is 0. The highest BCUT2D eigenvalue weighted by atomic mass is 32.2. The van der Waals surface area contributed by atoms with E-state index in [1.54, 1.807) is 57.2 Å². The third-order valence-electron chi connectivity index (χ3n) is 5.51. The maximum absolute atomic E-state index is 14.7. The van der Waals surface area contributed by atoms with Crippen LogP contribution in [-0.4, -0.2) is 44.0 Å². The van der Waals surface area contributed by atoms with E-state index in [1.807, 2.05) is 0 Å². The molecule has 0 spiro atoms. The summed E-state index contributed by atoms with van der Waals surface area (Å²) >= 11 is 0. The predicted molar refractivity (Wildman–Crippen MR) is 118 cm³/mol. The van der Waals surface area contributed by atoms with Crippen molar-refractivity contribution in [3.63, 3.8) is 0 Å². The van der Waals surface area contributed by atoms with Crippen LogP contribution in [0.5, 0.6) is 5.75 Å². The van der Waals surface area contributed by atoms with Gasteiger partial charge in [-0.1, -0.05) is 18.2 Å². The molecule has 1 aliphatic heterocycles. The fraction of sp³-hybridized carbons (Fsp3) is 0.458. The lowest BCUT2D eigenvalue weighted by atomic mass is 10.0. The molecule has 2 aromatic carbocycles. The van der Waals surface area contributed by atoms with Gasteiger partial charge in [-0.15, -0.1) is 0 Å². The van der Waals surface area contributed by atoms with Crippen LogP contribution in [0.2, 0.25) is 0 Å². The molecule has 32 heavy (non-hydrogen) atoms. The number of carbonyl (C=O) groups excluding carboxylic acids is 1. The van der Waals surface area contributed by atoms with Gasteiger partial charge in [-0.3, -0.25) is 0 Å². The predicted octanol–water partition coefficient (Wildman–Crippen LogP) is 4.36. The SMILES string of the molecule is CC(C)(C)OC(=O)c1cc(C2CC2)c(OCC2CN(S(=O)(=O)c3ccccc3)C2)cc1F. The lowest BCUT2D eigenvalue weighted by Crippen LogP contribution is -2.51. The number of rotatable bonds is 7. The molecule has 0 bridgehead atoms. The monoisotopic (exact) mass is 461 g/mol. The van der Waals surface area contributed by atoms with Crippen molar-refractivity contribution in [2.45, 2.75) is 50.0 Å². The smallest absolute Gasteiger partial charge is 0.341 e. The van der Waals surface area contributed by atoms with Crippen molar-refractivity contribution in [2.75, 3.05) is 19.7 Å². The van der Waals surface area contributed by atoms with Gasteiger partial charge >= 0.3 is 5.97 Å². The lowest BCUT2D eigenvalue weighted by Gasteiger charge is -2.37. The van der Waals surface area contributed by atoms with Crippen molar-refractivity contribution < 1.29 is 27.1 Å². The fourth-order valence-corrected chi connectivity index (χ4v) is 5.29. The highest BCUT2D eigenvalue weighted by molar-refractivity contribution is 7.89. The number of carbonyl (C=O) groups is 1. The molecule has 1 saturated carbocycles. The van der Waals surface area contributed by atoms with Crippen LogP contribution in [0.4, 0.5) is 4.39 Å². The average molecular weight is 462 g/mol. The van der Waals surface area contributed by atoms with Crippen LogP contribution < -0.4 is 4.74 Å². The summed E-state index contributed by atoms with van der Waals surface area (Å²) in [6, 6.07) is 11.1. The van der Waals surface area contributed by atoms with E-state index in [9.17, 15) is 17.6 Å². The maximum atomic E-state index is 14.7. The molecule has 0 atom stereocenters. The van der Waals surface area contributed by atoms with Crippen LogP contribution in [0.25, 0.3) is 0 Å². The Morgan fingerprint density at radius 1 is 1.12 bits per heavy atom. The van der Waals surface area contributed by atoms with E-state index in [-0.39, 0.29) is 28.9 Å². The second-order valence-electron chi connectivity index (χ2n) is 9.46. The van der Waals surface area contributed by atoms with Crippen molar-refractivity contribution in [1.29, 1.82) is 0 Å². The molecule has 1 aliphatic carbocycles. The molecule has 0 unspecified atom stereocenters. The normalized spacial score (nSPS) is 17.6. The Hall–Kier alpha value is -2.45. The Balaban J connectivity index is 1.41. The van der Waals surface area contributed by atoms with Gasteiger partial charge in [-0.25, -0.2) is 17.6 Å². The number of nitrogens with zero attached hydrogens (tertiary/aromatic N) is 1. The Morgan fingerprint density at radius 2 is 1.78 bits per heavy atom. The number of sulfonamides is 1. The van der Waals surface area contributed by atoms with Crippen molar-refractivity contribution in [3.05, 3.63) is 59.4 Å². The lowest BCUT2D eigenvalue weighted by molar-refractivity contribution is 0.00644. The number of ether oxygens (including phenoxy) is 2. The first-order chi connectivity index (χ1) is 15.0.